The van der Waals surface area contributed by atoms with E-state index in [1.54, 1.807) is 0 Å². The smallest absolute Gasteiger partial charge is 0.326 e. The number of ether oxygens (including phenoxy) is 2. The lowest BCUT2D eigenvalue weighted by molar-refractivity contribution is -0.144. The van der Waals surface area contributed by atoms with Crippen molar-refractivity contribution in [3.63, 3.8) is 0 Å². The number of carbonyl (C=O) groups excluding carboxylic acids is 3. The SMILES string of the molecule is CC(=O)COCCOC(C)CCNCC(=O)C(C)(C)CC(C)(C)CC(NC(=O)C(C)CC(=O)O)C(=O)O. The third kappa shape index (κ3) is 16.2. The molecule has 3 unspecified atom stereocenters. The van der Waals surface area contributed by atoms with E-state index in [-0.39, 0.29) is 37.2 Å². The van der Waals surface area contributed by atoms with E-state index in [1.807, 2.05) is 34.6 Å². The summed E-state index contributed by atoms with van der Waals surface area (Å²) in [5, 5.41) is 24.0. The largest absolute Gasteiger partial charge is 0.481 e. The molecule has 0 aliphatic rings. The molecule has 0 bridgehead atoms. The van der Waals surface area contributed by atoms with E-state index in [0.717, 1.165) is 0 Å². The van der Waals surface area contributed by atoms with Crippen LogP contribution < -0.4 is 10.6 Å². The number of carboxylic acids is 2. The maximum absolute atomic E-state index is 12.9. The molecule has 0 radical (unpaired) electrons. The van der Waals surface area contributed by atoms with Gasteiger partial charge < -0.3 is 30.3 Å². The molecular formula is C26H46N2O9. The van der Waals surface area contributed by atoms with Gasteiger partial charge in [-0.3, -0.25) is 19.2 Å². The summed E-state index contributed by atoms with van der Waals surface area (Å²) in [4.78, 5) is 58.6. The van der Waals surface area contributed by atoms with Gasteiger partial charge in [0.25, 0.3) is 0 Å². The molecule has 0 aromatic rings. The zero-order valence-electron chi connectivity index (χ0n) is 23.3. The number of hydrogen-bond acceptors (Lipinski definition) is 8. The molecule has 0 heterocycles. The Kier molecular flexibility index (Phi) is 15.4. The summed E-state index contributed by atoms with van der Waals surface area (Å²) in [5.74, 6) is -3.90. The highest BCUT2D eigenvalue weighted by Gasteiger charge is 2.37. The highest BCUT2D eigenvalue weighted by Crippen LogP contribution is 2.37. The molecule has 37 heavy (non-hydrogen) atoms. The molecule has 0 aliphatic carbocycles. The Hall–Kier alpha value is -2.37. The highest BCUT2D eigenvalue weighted by atomic mass is 16.5. The number of amides is 1. The molecule has 0 aromatic heterocycles. The number of Topliss-reactive ketones (excluding diaryl/α,β-unsaturated/α-hetero) is 2. The fourth-order valence-corrected chi connectivity index (χ4v) is 4.14. The van der Waals surface area contributed by atoms with Gasteiger partial charge in [-0.15, -0.1) is 0 Å². The maximum atomic E-state index is 12.9. The van der Waals surface area contributed by atoms with Crippen molar-refractivity contribution in [3.8, 4) is 0 Å². The number of rotatable bonds is 21. The van der Waals surface area contributed by atoms with E-state index in [4.69, 9.17) is 14.6 Å². The Morgan fingerprint density at radius 1 is 0.973 bits per heavy atom. The number of carboxylic acid groups (broad SMARTS) is 2. The minimum Gasteiger partial charge on any atom is -0.481 e. The summed E-state index contributed by atoms with van der Waals surface area (Å²) in [7, 11) is 0. The third-order valence-corrected chi connectivity index (χ3v) is 5.92. The fourth-order valence-electron chi connectivity index (χ4n) is 4.14. The second-order valence-electron chi connectivity index (χ2n) is 11.2. The Balaban J connectivity index is 4.64. The first-order valence-electron chi connectivity index (χ1n) is 12.6. The van der Waals surface area contributed by atoms with Crippen molar-refractivity contribution in [2.45, 2.75) is 86.3 Å². The van der Waals surface area contributed by atoms with E-state index < -0.39 is 47.1 Å². The number of nitrogens with one attached hydrogen (secondary N) is 2. The Labute approximate surface area is 220 Å². The molecule has 0 aromatic carbocycles. The van der Waals surface area contributed by atoms with Gasteiger partial charge in [0.2, 0.25) is 5.91 Å². The number of hydrogen-bond donors (Lipinski definition) is 4. The standard InChI is InChI=1S/C26H46N2O9/c1-17(12-22(31)32)23(33)28-20(24(34)35)13-25(4,5)16-26(6,7)21(30)14-27-9-8-19(3)37-11-10-36-15-18(2)29/h17,19-20,27H,8-16H2,1-7H3,(H,28,33)(H,31,32)(H,34,35). The van der Waals surface area contributed by atoms with Gasteiger partial charge in [0.15, 0.2) is 11.6 Å². The number of aliphatic carboxylic acids is 2. The lowest BCUT2D eigenvalue weighted by atomic mass is 9.70. The second-order valence-corrected chi connectivity index (χ2v) is 11.2. The minimum absolute atomic E-state index is 0.0160. The summed E-state index contributed by atoms with van der Waals surface area (Å²) in [6.07, 6.45) is 0.730. The van der Waals surface area contributed by atoms with E-state index in [2.05, 4.69) is 10.6 Å². The van der Waals surface area contributed by atoms with Gasteiger partial charge in [-0.2, -0.15) is 0 Å². The van der Waals surface area contributed by atoms with Crippen LogP contribution in [0, 0.1) is 16.7 Å². The molecule has 0 saturated heterocycles. The average molecular weight is 531 g/mol. The summed E-state index contributed by atoms with van der Waals surface area (Å²) in [5.41, 5.74) is -1.34. The van der Waals surface area contributed by atoms with Gasteiger partial charge >= 0.3 is 11.9 Å². The van der Waals surface area contributed by atoms with Crippen LogP contribution in [-0.4, -0.2) is 84.7 Å². The van der Waals surface area contributed by atoms with Gasteiger partial charge in [0, 0.05) is 11.3 Å². The Bertz CT molecular complexity index is 780. The van der Waals surface area contributed by atoms with Crippen molar-refractivity contribution in [3.05, 3.63) is 0 Å². The molecule has 11 nitrogen and oxygen atoms in total. The molecule has 4 N–H and O–H groups in total. The average Bonchev–Trinajstić information content (AvgIpc) is 2.73. The van der Waals surface area contributed by atoms with Crippen molar-refractivity contribution >= 4 is 29.4 Å². The van der Waals surface area contributed by atoms with Crippen molar-refractivity contribution in [2.75, 3.05) is 32.9 Å². The summed E-state index contributed by atoms with van der Waals surface area (Å²) in [6.45, 7) is 13.6. The molecule has 0 rings (SSSR count). The van der Waals surface area contributed by atoms with Crippen LogP contribution in [0.1, 0.15) is 74.1 Å². The summed E-state index contributed by atoms with van der Waals surface area (Å²) in [6, 6.07) is -1.20. The summed E-state index contributed by atoms with van der Waals surface area (Å²) < 4.78 is 10.8. The van der Waals surface area contributed by atoms with Crippen LogP contribution in [0.2, 0.25) is 0 Å². The lowest BCUT2D eigenvalue weighted by Gasteiger charge is -2.36. The van der Waals surface area contributed by atoms with Crippen LogP contribution in [-0.2, 0) is 33.4 Å². The minimum atomic E-state index is -1.21. The zero-order valence-corrected chi connectivity index (χ0v) is 23.3. The molecule has 3 atom stereocenters. The van der Waals surface area contributed by atoms with Crippen LogP contribution in [0.3, 0.4) is 0 Å². The van der Waals surface area contributed by atoms with Crippen molar-refractivity contribution in [1.29, 1.82) is 0 Å². The normalized spacial score (nSPS) is 14.5. The summed E-state index contributed by atoms with van der Waals surface area (Å²) >= 11 is 0. The number of ketones is 2. The monoisotopic (exact) mass is 530 g/mol. The predicted octanol–water partition coefficient (Wildman–Crippen LogP) is 2.06. The first kappa shape index (κ1) is 34.6. The number of carbonyl (C=O) groups is 5. The quantitative estimate of drug-likeness (QED) is 0.161. The zero-order chi connectivity index (χ0) is 28.8. The molecule has 214 valence electrons. The van der Waals surface area contributed by atoms with Crippen LogP contribution in [0.5, 0.6) is 0 Å². The van der Waals surface area contributed by atoms with Gasteiger partial charge in [0.1, 0.15) is 12.6 Å². The van der Waals surface area contributed by atoms with E-state index in [9.17, 15) is 29.1 Å². The van der Waals surface area contributed by atoms with E-state index >= 15 is 0 Å². The van der Waals surface area contributed by atoms with Crippen molar-refractivity contribution in [1.82, 2.24) is 10.6 Å². The lowest BCUT2D eigenvalue weighted by Crippen LogP contribution is -2.46. The Morgan fingerprint density at radius 2 is 1.59 bits per heavy atom. The van der Waals surface area contributed by atoms with Crippen LogP contribution in [0.25, 0.3) is 0 Å². The van der Waals surface area contributed by atoms with E-state index in [1.165, 1.54) is 13.8 Å². The van der Waals surface area contributed by atoms with Gasteiger partial charge in [-0.1, -0.05) is 34.6 Å². The Morgan fingerprint density at radius 3 is 2.14 bits per heavy atom. The van der Waals surface area contributed by atoms with Crippen LogP contribution in [0.15, 0.2) is 0 Å². The highest BCUT2D eigenvalue weighted by molar-refractivity contribution is 5.87. The predicted molar refractivity (Wildman–Crippen MR) is 137 cm³/mol. The van der Waals surface area contributed by atoms with Gasteiger partial charge in [-0.25, -0.2) is 4.79 Å². The maximum Gasteiger partial charge on any atom is 0.326 e. The van der Waals surface area contributed by atoms with Crippen molar-refractivity contribution in [2.24, 2.45) is 16.7 Å². The van der Waals surface area contributed by atoms with Crippen LogP contribution >= 0.6 is 0 Å². The molecule has 11 heteroatoms. The topological polar surface area (TPSA) is 168 Å². The first-order valence-corrected chi connectivity index (χ1v) is 12.6. The van der Waals surface area contributed by atoms with Gasteiger partial charge in [-0.05, 0) is 45.1 Å². The molecule has 0 fully saturated rings. The second kappa shape index (κ2) is 16.5. The van der Waals surface area contributed by atoms with Gasteiger partial charge in [0.05, 0.1) is 32.3 Å². The van der Waals surface area contributed by atoms with Crippen LogP contribution in [0.4, 0.5) is 0 Å². The van der Waals surface area contributed by atoms with Crippen molar-refractivity contribution < 1.29 is 43.7 Å². The molecule has 0 aliphatic heterocycles. The first-order chi connectivity index (χ1) is 17.0. The fraction of sp³-hybridized carbons (Fsp3) is 0.808. The molecule has 0 saturated carbocycles. The molecule has 0 spiro atoms. The molecule has 1 amide bonds. The molecular weight excluding hydrogens is 484 g/mol. The van der Waals surface area contributed by atoms with E-state index in [0.29, 0.717) is 32.6 Å². The third-order valence-electron chi connectivity index (χ3n) is 5.92.